The Hall–Kier alpha value is -1.51. The van der Waals surface area contributed by atoms with E-state index >= 15 is 0 Å². The molecule has 2 unspecified atom stereocenters. The van der Waals surface area contributed by atoms with Crippen molar-refractivity contribution in [3.63, 3.8) is 0 Å². The number of nitrogen functional groups attached to an aromatic ring is 1. The molecule has 1 fully saturated rings. The molecule has 2 rings (SSSR count). The van der Waals surface area contributed by atoms with Gasteiger partial charge in [-0.2, -0.15) is 0 Å². The summed E-state index contributed by atoms with van der Waals surface area (Å²) >= 11 is 0. The zero-order chi connectivity index (χ0) is 13.0. The van der Waals surface area contributed by atoms with Crippen LogP contribution in [0.5, 0.6) is 0 Å². The molecule has 0 radical (unpaired) electrons. The Kier molecular flexibility index (Phi) is 4.24. The predicted octanol–water partition coefficient (Wildman–Crippen LogP) is 2.97. The van der Waals surface area contributed by atoms with Crippen LogP contribution in [-0.4, -0.2) is 11.9 Å². The SMILES string of the molecule is CCC1CCCC(NC(=O)c2ccccc2N)C1. The van der Waals surface area contributed by atoms with Crippen LogP contribution in [0, 0.1) is 5.92 Å². The Balaban J connectivity index is 1.97. The molecule has 2 atom stereocenters. The van der Waals surface area contributed by atoms with Gasteiger partial charge >= 0.3 is 0 Å². The van der Waals surface area contributed by atoms with Gasteiger partial charge < -0.3 is 11.1 Å². The van der Waals surface area contributed by atoms with Crippen LogP contribution in [-0.2, 0) is 0 Å². The summed E-state index contributed by atoms with van der Waals surface area (Å²) in [5.41, 5.74) is 6.97. The number of carbonyl (C=O) groups excluding carboxylic acids is 1. The van der Waals surface area contributed by atoms with Crippen LogP contribution in [0.1, 0.15) is 49.4 Å². The van der Waals surface area contributed by atoms with Gasteiger partial charge in [-0.3, -0.25) is 4.79 Å². The number of hydrogen-bond acceptors (Lipinski definition) is 2. The highest BCUT2D eigenvalue weighted by atomic mass is 16.1. The van der Waals surface area contributed by atoms with Gasteiger partial charge in [0.15, 0.2) is 0 Å². The molecule has 3 N–H and O–H groups in total. The molecule has 1 amide bonds. The fourth-order valence-corrected chi connectivity index (χ4v) is 2.76. The lowest BCUT2D eigenvalue weighted by atomic mass is 9.84. The molecule has 98 valence electrons. The Labute approximate surface area is 109 Å². The van der Waals surface area contributed by atoms with E-state index in [1.54, 1.807) is 12.1 Å². The van der Waals surface area contributed by atoms with Crippen molar-refractivity contribution in [3.05, 3.63) is 29.8 Å². The second-order valence-corrected chi connectivity index (χ2v) is 5.20. The van der Waals surface area contributed by atoms with Crippen LogP contribution in [0.3, 0.4) is 0 Å². The van der Waals surface area contributed by atoms with Crippen molar-refractivity contribution in [3.8, 4) is 0 Å². The number of nitrogens with one attached hydrogen (secondary N) is 1. The quantitative estimate of drug-likeness (QED) is 0.806. The molecule has 0 heterocycles. The van der Waals surface area contributed by atoms with Crippen molar-refractivity contribution in [2.45, 2.75) is 45.1 Å². The van der Waals surface area contributed by atoms with Crippen molar-refractivity contribution in [1.82, 2.24) is 5.32 Å². The van der Waals surface area contributed by atoms with E-state index in [1.807, 2.05) is 12.1 Å². The number of anilines is 1. The van der Waals surface area contributed by atoms with E-state index in [0.717, 1.165) is 18.8 Å². The lowest BCUT2D eigenvalue weighted by molar-refractivity contribution is 0.0920. The molecule has 3 nitrogen and oxygen atoms in total. The Morgan fingerprint density at radius 2 is 2.17 bits per heavy atom. The van der Waals surface area contributed by atoms with Crippen molar-refractivity contribution in [1.29, 1.82) is 0 Å². The second-order valence-electron chi connectivity index (χ2n) is 5.20. The van der Waals surface area contributed by atoms with Gasteiger partial charge in [-0.25, -0.2) is 0 Å². The van der Waals surface area contributed by atoms with Gasteiger partial charge in [0.05, 0.1) is 5.56 Å². The minimum absolute atomic E-state index is 0.0325. The molecule has 1 aliphatic rings. The molecule has 1 saturated carbocycles. The highest BCUT2D eigenvalue weighted by Crippen LogP contribution is 2.26. The van der Waals surface area contributed by atoms with Gasteiger partial charge in [0.25, 0.3) is 5.91 Å². The molecule has 0 aromatic heterocycles. The normalized spacial score (nSPS) is 23.6. The maximum atomic E-state index is 12.1. The molecule has 18 heavy (non-hydrogen) atoms. The first-order valence-corrected chi connectivity index (χ1v) is 6.86. The second kappa shape index (κ2) is 5.89. The minimum atomic E-state index is -0.0325. The predicted molar refractivity (Wildman–Crippen MR) is 74.4 cm³/mol. The van der Waals surface area contributed by atoms with Crippen LogP contribution in [0.25, 0.3) is 0 Å². The van der Waals surface area contributed by atoms with Gasteiger partial charge in [0.2, 0.25) is 0 Å². The molecule has 0 saturated heterocycles. The summed E-state index contributed by atoms with van der Waals surface area (Å²) in [5.74, 6) is 0.729. The number of hydrogen-bond donors (Lipinski definition) is 2. The van der Waals surface area contributed by atoms with E-state index in [1.165, 1.54) is 19.3 Å². The molecule has 0 bridgehead atoms. The first-order valence-electron chi connectivity index (χ1n) is 6.86. The Morgan fingerprint density at radius 1 is 1.39 bits per heavy atom. The van der Waals surface area contributed by atoms with Crippen LogP contribution in [0.2, 0.25) is 0 Å². The molecule has 1 aliphatic carbocycles. The number of carbonyl (C=O) groups is 1. The molecular weight excluding hydrogens is 224 g/mol. The van der Waals surface area contributed by atoms with Crippen LogP contribution in [0.4, 0.5) is 5.69 Å². The number of amides is 1. The summed E-state index contributed by atoms with van der Waals surface area (Å²) in [7, 11) is 0. The van der Waals surface area contributed by atoms with Gasteiger partial charge in [-0.05, 0) is 30.9 Å². The number of nitrogens with two attached hydrogens (primary N) is 1. The number of rotatable bonds is 3. The number of para-hydroxylation sites is 1. The average molecular weight is 246 g/mol. The monoisotopic (exact) mass is 246 g/mol. The van der Waals surface area contributed by atoms with Crippen LogP contribution >= 0.6 is 0 Å². The molecule has 0 spiro atoms. The van der Waals surface area contributed by atoms with Gasteiger partial charge in [-0.1, -0.05) is 38.3 Å². The van der Waals surface area contributed by atoms with Crippen molar-refractivity contribution in [2.75, 3.05) is 5.73 Å². The van der Waals surface area contributed by atoms with E-state index in [-0.39, 0.29) is 5.91 Å². The topological polar surface area (TPSA) is 55.1 Å². The molecule has 1 aromatic carbocycles. The molecule has 1 aromatic rings. The molecule has 0 aliphatic heterocycles. The lowest BCUT2D eigenvalue weighted by Crippen LogP contribution is -2.38. The summed E-state index contributed by atoms with van der Waals surface area (Å²) in [4.78, 5) is 12.1. The van der Waals surface area contributed by atoms with E-state index < -0.39 is 0 Å². The van der Waals surface area contributed by atoms with Crippen LogP contribution in [0.15, 0.2) is 24.3 Å². The first kappa shape index (κ1) is 12.9. The van der Waals surface area contributed by atoms with Gasteiger partial charge in [0.1, 0.15) is 0 Å². The largest absolute Gasteiger partial charge is 0.398 e. The fourth-order valence-electron chi connectivity index (χ4n) is 2.76. The zero-order valence-corrected chi connectivity index (χ0v) is 11.0. The third-order valence-corrected chi connectivity index (χ3v) is 3.90. The fraction of sp³-hybridized carbons (Fsp3) is 0.533. The van der Waals surface area contributed by atoms with Gasteiger partial charge in [-0.15, -0.1) is 0 Å². The van der Waals surface area contributed by atoms with Crippen LogP contribution < -0.4 is 11.1 Å². The average Bonchev–Trinajstić information content (AvgIpc) is 2.39. The zero-order valence-electron chi connectivity index (χ0n) is 11.0. The maximum Gasteiger partial charge on any atom is 0.253 e. The van der Waals surface area contributed by atoms with Crippen molar-refractivity contribution in [2.24, 2.45) is 5.92 Å². The lowest BCUT2D eigenvalue weighted by Gasteiger charge is -2.29. The summed E-state index contributed by atoms with van der Waals surface area (Å²) in [6, 6.07) is 7.56. The van der Waals surface area contributed by atoms with Gasteiger partial charge in [0, 0.05) is 11.7 Å². The minimum Gasteiger partial charge on any atom is -0.398 e. The highest BCUT2D eigenvalue weighted by Gasteiger charge is 2.22. The first-order chi connectivity index (χ1) is 8.70. The molecular formula is C15H22N2O. The summed E-state index contributed by atoms with van der Waals surface area (Å²) in [6.07, 6.45) is 5.92. The maximum absolute atomic E-state index is 12.1. The van der Waals surface area contributed by atoms with E-state index in [2.05, 4.69) is 12.2 Å². The van der Waals surface area contributed by atoms with E-state index in [0.29, 0.717) is 17.3 Å². The third kappa shape index (κ3) is 3.03. The van der Waals surface area contributed by atoms with E-state index in [4.69, 9.17) is 5.73 Å². The number of benzene rings is 1. The summed E-state index contributed by atoms with van der Waals surface area (Å²) in [6.45, 7) is 2.23. The van der Waals surface area contributed by atoms with Crippen molar-refractivity contribution < 1.29 is 4.79 Å². The summed E-state index contributed by atoms with van der Waals surface area (Å²) in [5, 5.41) is 3.12. The molecule has 3 heteroatoms. The Bertz CT molecular complexity index is 417. The Morgan fingerprint density at radius 3 is 2.89 bits per heavy atom. The smallest absolute Gasteiger partial charge is 0.253 e. The summed E-state index contributed by atoms with van der Waals surface area (Å²) < 4.78 is 0. The van der Waals surface area contributed by atoms with E-state index in [9.17, 15) is 4.79 Å². The van der Waals surface area contributed by atoms with Crippen molar-refractivity contribution >= 4 is 11.6 Å². The highest BCUT2D eigenvalue weighted by molar-refractivity contribution is 5.99. The standard InChI is InChI=1S/C15H22N2O/c1-2-11-6-5-7-12(10-11)17-15(18)13-8-3-4-9-14(13)16/h3-4,8-9,11-12H,2,5-7,10,16H2,1H3,(H,17,18). The third-order valence-electron chi connectivity index (χ3n) is 3.90.